The smallest absolute Gasteiger partial charge is 0.166 e. The molecule has 0 spiro atoms. The molecular formula is C15H23N3OS. The van der Waals surface area contributed by atoms with Crippen LogP contribution in [0, 0.1) is 0 Å². The lowest BCUT2D eigenvalue weighted by Gasteiger charge is -2.33. The molecule has 2 N–H and O–H groups in total. The molecule has 110 valence electrons. The molecule has 1 aromatic heterocycles. The van der Waals surface area contributed by atoms with Gasteiger partial charge >= 0.3 is 0 Å². The largest absolute Gasteiger partial charge is 0.468 e. The first-order chi connectivity index (χ1) is 9.81. The summed E-state index contributed by atoms with van der Waals surface area (Å²) in [5, 5.41) is 7.03. The fraction of sp³-hybridized carbons (Fsp3) is 0.533. The first kappa shape index (κ1) is 15.1. The first-order valence-electron chi connectivity index (χ1n) is 7.21. The number of nitrogens with zero attached hydrogens (tertiary/aromatic N) is 1. The van der Waals surface area contributed by atoms with Gasteiger partial charge in [-0.3, -0.25) is 4.90 Å². The molecule has 0 aliphatic carbocycles. The van der Waals surface area contributed by atoms with Crippen molar-refractivity contribution in [2.75, 3.05) is 26.2 Å². The molecule has 2 rings (SSSR count). The van der Waals surface area contributed by atoms with Crippen LogP contribution in [0.15, 0.2) is 35.5 Å². The van der Waals surface area contributed by atoms with Gasteiger partial charge in [0, 0.05) is 13.1 Å². The molecule has 0 unspecified atom stereocenters. The van der Waals surface area contributed by atoms with Crippen molar-refractivity contribution in [1.82, 2.24) is 15.5 Å². The van der Waals surface area contributed by atoms with Crippen molar-refractivity contribution in [1.29, 1.82) is 0 Å². The Hall–Kier alpha value is -1.33. The van der Waals surface area contributed by atoms with E-state index in [0.29, 0.717) is 11.7 Å². The summed E-state index contributed by atoms with van der Waals surface area (Å²) in [6.07, 6.45) is 7.38. The third kappa shape index (κ3) is 4.35. The van der Waals surface area contributed by atoms with Crippen LogP contribution < -0.4 is 10.6 Å². The average Bonchev–Trinajstić information content (AvgIpc) is 3.00. The Morgan fingerprint density at radius 2 is 2.20 bits per heavy atom. The number of furan rings is 1. The zero-order valence-corrected chi connectivity index (χ0v) is 12.6. The lowest BCUT2D eigenvalue weighted by molar-refractivity contribution is 0.146. The maximum Gasteiger partial charge on any atom is 0.166 e. The minimum atomic E-state index is 0.244. The molecule has 4 nitrogen and oxygen atoms in total. The molecule has 0 saturated carbocycles. The summed E-state index contributed by atoms with van der Waals surface area (Å²) in [6, 6.07) is 4.23. The molecule has 1 fully saturated rings. The van der Waals surface area contributed by atoms with Gasteiger partial charge in [-0.15, -0.1) is 6.58 Å². The highest BCUT2D eigenvalue weighted by molar-refractivity contribution is 7.80. The summed E-state index contributed by atoms with van der Waals surface area (Å²) >= 11 is 5.25. The van der Waals surface area contributed by atoms with Gasteiger partial charge in [-0.1, -0.05) is 12.5 Å². The van der Waals surface area contributed by atoms with Crippen LogP contribution >= 0.6 is 12.2 Å². The second kappa shape index (κ2) is 8.07. The maximum atomic E-state index is 5.60. The Morgan fingerprint density at radius 1 is 1.40 bits per heavy atom. The fourth-order valence-electron chi connectivity index (χ4n) is 2.54. The van der Waals surface area contributed by atoms with E-state index in [1.807, 2.05) is 12.1 Å². The normalized spacial score (nSPS) is 17.4. The molecule has 1 saturated heterocycles. The van der Waals surface area contributed by atoms with Crippen LogP contribution in [0.25, 0.3) is 0 Å². The van der Waals surface area contributed by atoms with E-state index in [2.05, 4.69) is 22.1 Å². The molecule has 1 aromatic rings. The third-order valence-electron chi connectivity index (χ3n) is 3.57. The lowest BCUT2D eigenvalue weighted by atomic mass is 10.1. The van der Waals surface area contributed by atoms with Crippen molar-refractivity contribution in [2.45, 2.75) is 25.3 Å². The molecule has 20 heavy (non-hydrogen) atoms. The molecular weight excluding hydrogens is 270 g/mol. The van der Waals surface area contributed by atoms with Crippen molar-refractivity contribution in [2.24, 2.45) is 0 Å². The monoisotopic (exact) mass is 293 g/mol. The van der Waals surface area contributed by atoms with Crippen LogP contribution in [-0.2, 0) is 0 Å². The van der Waals surface area contributed by atoms with Gasteiger partial charge in [0.05, 0.1) is 12.3 Å². The quantitative estimate of drug-likeness (QED) is 0.623. The number of thiocarbonyl (C=S) groups is 1. The lowest BCUT2D eigenvalue weighted by Crippen LogP contribution is -2.43. The van der Waals surface area contributed by atoms with Crippen LogP contribution in [-0.4, -0.2) is 36.2 Å². The molecule has 5 heteroatoms. The van der Waals surface area contributed by atoms with Crippen molar-refractivity contribution < 1.29 is 4.42 Å². The second-order valence-electron chi connectivity index (χ2n) is 5.01. The first-order valence-corrected chi connectivity index (χ1v) is 7.62. The summed E-state index contributed by atoms with van der Waals surface area (Å²) < 4.78 is 5.60. The van der Waals surface area contributed by atoms with E-state index in [4.69, 9.17) is 16.6 Å². The number of hydrogen-bond acceptors (Lipinski definition) is 3. The van der Waals surface area contributed by atoms with Crippen LogP contribution in [0.3, 0.4) is 0 Å². The SMILES string of the molecule is C=CCNC(=S)NC[C@H](c1ccco1)N1CCCCC1. The van der Waals surface area contributed by atoms with Gasteiger partial charge < -0.3 is 15.1 Å². The van der Waals surface area contributed by atoms with E-state index in [-0.39, 0.29) is 6.04 Å². The highest BCUT2D eigenvalue weighted by Gasteiger charge is 2.24. The highest BCUT2D eigenvalue weighted by atomic mass is 32.1. The Morgan fingerprint density at radius 3 is 2.85 bits per heavy atom. The van der Waals surface area contributed by atoms with Crippen LogP contribution in [0.1, 0.15) is 31.1 Å². The minimum Gasteiger partial charge on any atom is -0.468 e. The van der Waals surface area contributed by atoms with Gasteiger partial charge in [-0.25, -0.2) is 0 Å². The number of rotatable bonds is 6. The minimum absolute atomic E-state index is 0.244. The van der Waals surface area contributed by atoms with Gasteiger partial charge in [-0.2, -0.15) is 0 Å². The van der Waals surface area contributed by atoms with E-state index in [9.17, 15) is 0 Å². The van der Waals surface area contributed by atoms with Gasteiger partial charge in [0.15, 0.2) is 5.11 Å². The molecule has 2 heterocycles. The highest BCUT2D eigenvalue weighted by Crippen LogP contribution is 2.24. The summed E-state index contributed by atoms with van der Waals surface area (Å²) in [4.78, 5) is 2.48. The topological polar surface area (TPSA) is 40.4 Å². The predicted octanol–water partition coefficient (Wildman–Crippen LogP) is 2.46. The molecule has 1 atom stereocenters. The molecule has 0 radical (unpaired) electrons. The van der Waals surface area contributed by atoms with Gasteiger partial charge in [0.2, 0.25) is 0 Å². The van der Waals surface area contributed by atoms with E-state index in [1.54, 1.807) is 12.3 Å². The van der Waals surface area contributed by atoms with Gasteiger partial charge in [0.25, 0.3) is 0 Å². The average molecular weight is 293 g/mol. The summed E-state index contributed by atoms with van der Waals surface area (Å²) in [5.74, 6) is 1.01. The van der Waals surface area contributed by atoms with Crippen molar-refractivity contribution in [3.63, 3.8) is 0 Å². The Labute approximate surface area is 126 Å². The predicted molar refractivity (Wildman–Crippen MR) is 85.7 cm³/mol. The fourth-order valence-corrected chi connectivity index (χ4v) is 2.70. The molecule has 1 aliphatic rings. The zero-order chi connectivity index (χ0) is 14.2. The van der Waals surface area contributed by atoms with Crippen molar-refractivity contribution in [3.05, 3.63) is 36.8 Å². The Balaban J connectivity index is 1.92. The van der Waals surface area contributed by atoms with Crippen LogP contribution in [0.4, 0.5) is 0 Å². The third-order valence-corrected chi connectivity index (χ3v) is 3.85. The summed E-state index contributed by atoms with van der Waals surface area (Å²) in [6.45, 7) is 7.36. The number of piperidine rings is 1. The van der Waals surface area contributed by atoms with E-state index in [0.717, 1.165) is 25.4 Å². The molecule has 1 aliphatic heterocycles. The number of nitrogens with one attached hydrogen (secondary N) is 2. The van der Waals surface area contributed by atoms with E-state index in [1.165, 1.54) is 19.3 Å². The van der Waals surface area contributed by atoms with Crippen molar-refractivity contribution >= 4 is 17.3 Å². The van der Waals surface area contributed by atoms with E-state index < -0.39 is 0 Å². The van der Waals surface area contributed by atoms with Crippen LogP contribution in [0.5, 0.6) is 0 Å². The van der Waals surface area contributed by atoms with Crippen molar-refractivity contribution in [3.8, 4) is 0 Å². The molecule has 0 bridgehead atoms. The molecule has 0 amide bonds. The Kier molecular flexibility index (Phi) is 6.08. The molecule has 0 aromatic carbocycles. The standard InChI is InChI=1S/C15H23N3OS/c1-2-8-16-15(20)17-12-13(14-7-6-11-19-14)18-9-4-3-5-10-18/h2,6-7,11,13H,1,3-5,8-10,12H2,(H2,16,17,20)/t13-/m1/s1. The Bertz CT molecular complexity index is 413. The van der Waals surface area contributed by atoms with Crippen LogP contribution in [0.2, 0.25) is 0 Å². The number of likely N-dealkylation sites (tertiary alicyclic amines) is 1. The van der Waals surface area contributed by atoms with Gasteiger partial charge in [0.1, 0.15) is 5.76 Å². The summed E-state index contributed by atoms with van der Waals surface area (Å²) in [5.41, 5.74) is 0. The van der Waals surface area contributed by atoms with Gasteiger partial charge in [-0.05, 0) is 50.3 Å². The number of hydrogen-bond donors (Lipinski definition) is 2. The zero-order valence-electron chi connectivity index (χ0n) is 11.8. The van der Waals surface area contributed by atoms with E-state index >= 15 is 0 Å². The second-order valence-corrected chi connectivity index (χ2v) is 5.42. The maximum absolute atomic E-state index is 5.60. The summed E-state index contributed by atoms with van der Waals surface area (Å²) in [7, 11) is 0.